The van der Waals surface area contributed by atoms with Gasteiger partial charge in [0.15, 0.2) is 0 Å². The van der Waals surface area contributed by atoms with E-state index in [4.69, 9.17) is 5.73 Å². The highest BCUT2D eigenvalue weighted by atomic mass is 19.1. The largest absolute Gasteiger partial charge is 0.365 e. The highest BCUT2D eigenvalue weighted by Gasteiger charge is 2.32. The number of hydrogen-bond acceptors (Lipinski definition) is 3. The van der Waals surface area contributed by atoms with Crippen LogP contribution < -0.4 is 11.1 Å². The third-order valence-corrected chi connectivity index (χ3v) is 5.65. The van der Waals surface area contributed by atoms with Crippen LogP contribution in [0.25, 0.3) is 11.3 Å². The first-order valence-electron chi connectivity index (χ1n) is 9.55. The Balaban J connectivity index is 1.62. The van der Waals surface area contributed by atoms with Crippen LogP contribution in [0, 0.1) is 18.7 Å². The molecule has 0 spiro atoms. The molecule has 2 aromatic rings. The molecule has 2 heterocycles. The number of rotatable bonds is 3. The average molecular weight is 385 g/mol. The van der Waals surface area contributed by atoms with Gasteiger partial charge in [-0.1, -0.05) is 6.92 Å². The van der Waals surface area contributed by atoms with Gasteiger partial charge in [-0.3, -0.25) is 9.48 Å². The summed E-state index contributed by atoms with van der Waals surface area (Å²) in [6.45, 7) is 5.07. The molecule has 2 aliphatic rings. The molecule has 1 aliphatic carbocycles. The van der Waals surface area contributed by atoms with Crippen LogP contribution in [-0.2, 0) is 13.1 Å². The topological polar surface area (TPSA) is 93.2 Å². The van der Waals surface area contributed by atoms with E-state index in [0.29, 0.717) is 47.1 Å². The summed E-state index contributed by atoms with van der Waals surface area (Å²) < 4.78 is 15.4. The lowest BCUT2D eigenvalue weighted by atomic mass is 9.82. The smallest absolute Gasteiger partial charge is 0.318 e. The molecule has 0 unspecified atom stereocenters. The van der Waals surface area contributed by atoms with E-state index in [2.05, 4.69) is 17.3 Å². The molecule has 1 aromatic heterocycles. The maximum absolute atomic E-state index is 13.6. The number of aryl methyl sites for hydroxylation is 1. The van der Waals surface area contributed by atoms with Gasteiger partial charge in [0.1, 0.15) is 11.5 Å². The van der Waals surface area contributed by atoms with Gasteiger partial charge in [-0.2, -0.15) is 5.10 Å². The highest BCUT2D eigenvalue weighted by molar-refractivity contribution is 6.00. The molecule has 0 bridgehead atoms. The number of fused-ring (bicyclic) bond motifs is 1. The number of halogens is 1. The van der Waals surface area contributed by atoms with Gasteiger partial charge in [0.2, 0.25) is 0 Å². The van der Waals surface area contributed by atoms with Gasteiger partial charge in [0.05, 0.1) is 24.3 Å². The lowest BCUT2D eigenvalue weighted by molar-refractivity contribution is 0.0996. The van der Waals surface area contributed by atoms with Crippen molar-refractivity contribution in [3.63, 3.8) is 0 Å². The van der Waals surface area contributed by atoms with Crippen molar-refractivity contribution < 1.29 is 14.0 Å². The zero-order valence-electron chi connectivity index (χ0n) is 16.0. The Bertz CT molecular complexity index is 948. The van der Waals surface area contributed by atoms with E-state index in [1.54, 1.807) is 28.6 Å². The van der Waals surface area contributed by atoms with Crippen LogP contribution >= 0.6 is 0 Å². The Kier molecular flexibility index (Phi) is 4.56. The van der Waals surface area contributed by atoms with Gasteiger partial charge in [0, 0.05) is 18.2 Å². The van der Waals surface area contributed by atoms with Crippen molar-refractivity contribution in [1.82, 2.24) is 20.0 Å². The van der Waals surface area contributed by atoms with Crippen molar-refractivity contribution in [2.24, 2.45) is 11.7 Å². The van der Waals surface area contributed by atoms with Gasteiger partial charge in [-0.05, 0) is 49.4 Å². The van der Waals surface area contributed by atoms with Crippen LogP contribution in [0.2, 0.25) is 0 Å². The number of carbonyl (C=O) groups is 2. The summed E-state index contributed by atoms with van der Waals surface area (Å²) in [5.74, 6) is -0.272. The summed E-state index contributed by atoms with van der Waals surface area (Å²) in [5.41, 5.74) is 8.09. The van der Waals surface area contributed by atoms with Gasteiger partial charge in [-0.25, -0.2) is 9.18 Å². The molecule has 1 aliphatic heterocycles. The van der Waals surface area contributed by atoms with Crippen LogP contribution in [0.1, 0.15) is 41.4 Å². The predicted octanol–water partition coefficient (Wildman–Crippen LogP) is 2.42. The van der Waals surface area contributed by atoms with Crippen LogP contribution in [0.5, 0.6) is 0 Å². The number of primary amides is 1. The van der Waals surface area contributed by atoms with Crippen LogP contribution in [-0.4, -0.2) is 39.2 Å². The molecule has 148 valence electrons. The summed E-state index contributed by atoms with van der Waals surface area (Å²) in [4.78, 5) is 26.5. The third-order valence-electron chi connectivity index (χ3n) is 5.65. The number of amides is 3. The maximum atomic E-state index is 13.6. The average Bonchev–Trinajstić information content (AvgIpc) is 3.01. The fraction of sp³-hybridized carbons (Fsp3) is 0.450. The molecule has 7 nitrogen and oxygen atoms in total. The number of aromatic nitrogens is 2. The number of hydrogen-bond donors (Lipinski definition) is 2. The Labute approximate surface area is 162 Å². The van der Waals surface area contributed by atoms with E-state index in [-0.39, 0.29) is 24.4 Å². The second-order valence-corrected chi connectivity index (χ2v) is 7.87. The molecular weight excluding hydrogens is 361 g/mol. The Hall–Kier alpha value is -2.90. The molecule has 1 fully saturated rings. The number of carbonyl (C=O) groups excluding carboxylic acids is 2. The maximum Gasteiger partial charge on any atom is 0.318 e. The molecule has 4 rings (SSSR count). The Morgan fingerprint density at radius 2 is 2.04 bits per heavy atom. The zero-order chi connectivity index (χ0) is 20.0. The number of nitrogens with zero attached hydrogens (tertiary/aromatic N) is 3. The van der Waals surface area contributed by atoms with E-state index >= 15 is 0 Å². The molecule has 3 N–H and O–H groups in total. The van der Waals surface area contributed by atoms with E-state index in [9.17, 15) is 14.0 Å². The molecule has 3 amide bonds. The molecular formula is C20H24FN5O2. The standard InChI is InChI=1S/C20H24FN5O2/c1-11-7-14(8-11)23-20(28)25-5-6-26-16(10-25)17(19(22)27)18(24-26)13-3-4-15(21)12(2)9-13/h3-4,9,11,14H,5-8,10H2,1-2H3,(H2,22,27)(H,23,28). The van der Waals surface area contributed by atoms with Gasteiger partial charge in [0.25, 0.3) is 5.91 Å². The number of urea groups is 1. The minimum Gasteiger partial charge on any atom is -0.365 e. The van der Waals surface area contributed by atoms with Gasteiger partial charge in [-0.15, -0.1) is 0 Å². The van der Waals surface area contributed by atoms with Crippen LogP contribution in [0.4, 0.5) is 9.18 Å². The second-order valence-electron chi connectivity index (χ2n) is 7.87. The van der Waals surface area contributed by atoms with Gasteiger partial charge >= 0.3 is 6.03 Å². The van der Waals surface area contributed by atoms with E-state index in [0.717, 1.165) is 12.8 Å². The van der Waals surface area contributed by atoms with Gasteiger partial charge < -0.3 is 16.0 Å². The molecule has 0 radical (unpaired) electrons. The quantitative estimate of drug-likeness (QED) is 0.850. The number of nitrogens with one attached hydrogen (secondary N) is 1. The highest BCUT2D eigenvalue weighted by Crippen LogP contribution is 2.30. The Morgan fingerprint density at radius 1 is 1.29 bits per heavy atom. The van der Waals surface area contributed by atoms with Crippen molar-refractivity contribution >= 4 is 11.9 Å². The van der Waals surface area contributed by atoms with E-state index < -0.39 is 5.91 Å². The fourth-order valence-electron chi connectivity index (χ4n) is 4.03. The van der Waals surface area contributed by atoms with E-state index in [1.807, 2.05) is 0 Å². The second kappa shape index (κ2) is 6.92. The molecule has 8 heteroatoms. The van der Waals surface area contributed by atoms with Crippen molar-refractivity contribution in [3.8, 4) is 11.3 Å². The van der Waals surface area contributed by atoms with Crippen molar-refractivity contribution in [2.45, 2.75) is 45.8 Å². The SMILES string of the molecule is Cc1cc(-c2nn3c(c2C(N)=O)CN(C(=O)NC2CC(C)C2)CC3)ccc1F. The summed E-state index contributed by atoms with van der Waals surface area (Å²) in [6, 6.07) is 4.69. The van der Waals surface area contributed by atoms with Crippen molar-refractivity contribution in [1.29, 1.82) is 0 Å². The molecule has 1 aromatic carbocycles. The molecule has 1 saturated carbocycles. The number of benzene rings is 1. The first-order valence-corrected chi connectivity index (χ1v) is 9.55. The minimum absolute atomic E-state index is 0.126. The normalized spacial score (nSPS) is 21.0. The van der Waals surface area contributed by atoms with E-state index in [1.165, 1.54) is 6.07 Å². The first kappa shape index (κ1) is 18.5. The fourth-order valence-corrected chi connectivity index (χ4v) is 4.03. The van der Waals surface area contributed by atoms with Crippen LogP contribution in [0.15, 0.2) is 18.2 Å². The third kappa shape index (κ3) is 3.23. The minimum atomic E-state index is -0.603. The molecule has 0 saturated heterocycles. The van der Waals surface area contributed by atoms with Crippen molar-refractivity contribution in [2.75, 3.05) is 6.54 Å². The summed E-state index contributed by atoms with van der Waals surface area (Å²) >= 11 is 0. The molecule has 28 heavy (non-hydrogen) atoms. The predicted molar refractivity (Wildman–Crippen MR) is 102 cm³/mol. The summed E-state index contributed by atoms with van der Waals surface area (Å²) in [7, 11) is 0. The monoisotopic (exact) mass is 385 g/mol. The van der Waals surface area contributed by atoms with Crippen molar-refractivity contribution in [3.05, 3.63) is 40.8 Å². The zero-order valence-corrected chi connectivity index (χ0v) is 16.0. The lowest BCUT2D eigenvalue weighted by Gasteiger charge is -2.36. The summed E-state index contributed by atoms with van der Waals surface area (Å²) in [5, 5.41) is 7.59. The Morgan fingerprint density at radius 3 is 2.68 bits per heavy atom. The number of nitrogens with two attached hydrogens (primary N) is 1. The molecule has 0 atom stereocenters. The first-order chi connectivity index (χ1) is 13.3. The summed E-state index contributed by atoms with van der Waals surface area (Å²) in [6.07, 6.45) is 2.00. The lowest BCUT2D eigenvalue weighted by Crippen LogP contribution is -2.51. The van der Waals surface area contributed by atoms with Crippen LogP contribution in [0.3, 0.4) is 0 Å².